The van der Waals surface area contributed by atoms with Crippen LogP contribution < -0.4 is 9.62 Å². The van der Waals surface area contributed by atoms with Crippen LogP contribution in [0.1, 0.15) is 48.8 Å². The van der Waals surface area contributed by atoms with Crippen LogP contribution in [0.5, 0.6) is 0 Å². The van der Waals surface area contributed by atoms with E-state index in [1.807, 2.05) is 61.5 Å². The van der Waals surface area contributed by atoms with Crippen molar-refractivity contribution in [3.63, 3.8) is 0 Å². The molecule has 3 aromatic carbocycles. The molecule has 0 spiro atoms. The minimum Gasteiger partial charge on any atom is -0.352 e. The van der Waals surface area contributed by atoms with Gasteiger partial charge in [-0.2, -0.15) is 0 Å². The van der Waals surface area contributed by atoms with Crippen LogP contribution in [0.4, 0.5) is 14.5 Å². The van der Waals surface area contributed by atoms with E-state index < -0.39 is 40.2 Å². The second kappa shape index (κ2) is 13.9. The fourth-order valence-electron chi connectivity index (χ4n) is 5.36. The maximum atomic E-state index is 14.1. The highest BCUT2D eigenvalue weighted by atomic mass is 32.2. The van der Waals surface area contributed by atoms with Gasteiger partial charge in [0.05, 0.1) is 11.9 Å². The highest BCUT2D eigenvalue weighted by Gasteiger charge is 2.34. The maximum Gasteiger partial charge on any atom is 0.244 e. The molecule has 0 saturated heterocycles. The normalized spacial score (nSPS) is 14.7. The lowest BCUT2D eigenvalue weighted by Gasteiger charge is -2.35. The summed E-state index contributed by atoms with van der Waals surface area (Å²) in [5.74, 6) is -3.34. The predicted octanol–water partition coefficient (Wildman–Crippen LogP) is 5.13. The van der Waals surface area contributed by atoms with Crippen LogP contribution in [0.2, 0.25) is 0 Å². The Bertz CT molecular complexity index is 1490. The standard InChI is InChI=1S/C32H37F2N3O4S/c1-23-10-9-13-25(18-23)21-36(31(38)22-37(42(2,40)41)27-16-17-28(33)29(34)20-27)30(19-24-11-5-3-6-12-24)32(39)35-26-14-7-4-8-15-26/h3,5-6,9-13,16-18,20,26,30H,4,7-8,14-15,19,21-22H2,1-2H3,(H,35,39)/t30-/m1/s1. The Balaban J connectivity index is 1.73. The number of nitrogens with one attached hydrogen (secondary N) is 1. The van der Waals surface area contributed by atoms with Gasteiger partial charge in [-0.3, -0.25) is 13.9 Å². The van der Waals surface area contributed by atoms with Gasteiger partial charge in [0.25, 0.3) is 0 Å². The minimum atomic E-state index is -4.09. The van der Waals surface area contributed by atoms with Gasteiger partial charge in [-0.1, -0.05) is 79.4 Å². The molecule has 0 radical (unpaired) electrons. The molecule has 3 aromatic rings. The fourth-order valence-corrected chi connectivity index (χ4v) is 6.20. The third-order valence-electron chi connectivity index (χ3n) is 7.53. The summed E-state index contributed by atoms with van der Waals surface area (Å²) in [6.45, 7) is 1.27. The largest absolute Gasteiger partial charge is 0.352 e. The molecule has 1 N–H and O–H groups in total. The van der Waals surface area contributed by atoms with Crippen LogP contribution in [0.3, 0.4) is 0 Å². The number of amides is 2. The number of rotatable bonds is 11. The second-order valence-corrected chi connectivity index (χ2v) is 12.8. The average Bonchev–Trinajstić information content (AvgIpc) is 2.95. The fraction of sp³-hybridized carbons (Fsp3) is 0.375. The first-order valence-corrected chi connectivity index (χ1v) is 16.0. The Morgan fingerprint density at radius 2 is 1.60 bits per heavy atom. The molecule has 0 unspecified atom stereocenters. The van der Waals surface area contributed by atoms with E-state index in [0.717, 1.165) is 77.6 Å². The molecule has 0 heterocycles. The molecule has 1 saturated carbocycles. The molecule has 1 aliphatic rings. The molecular formula is C32H37F2N3O4S. The van der Waals surface area contributed by atoms with Crippen molar-refractivity contribution in [1.29, 1.82) is 0 Å². The molecule has 2 amide bonds. The lowest BCUT2D eigenvalue weighted by molar-refractivity contribution is -0.140. The van der Waals surface area contributed by atoms with Crippen LogP contribution in [-0.2, 0) is 32.6 Å². The quantitative estimate of drug-likeness (QED) is 0.332. The summed E-state index contributed by atoms with van der Waals surface area (Å²) in [6.07, 6.45) is 5.95. The highest BCUT2D eigenvalue weighted by Crippen LogP contribution is 2.23. The van der Waals surface area contributed by atoms with Crippen LogP contribution in [-0.4, -0.2) is 50.0 Å². The molecule has 0 aromatic heterocycles. The molecule has 1 aliphatic carbocycles. The molecule has 1 atom stereocenters. The number of carbonyl (C=O) groups excluding carboxylic acids is 2. The third kappa shape index (κ3) is 8.38. The molecule has 0 aliphatic heterocycles. The van der Waals surface area contributed by atoms with Crippen molar-refractivity contribution in [1.82, 2.24) is 10.2 Å². The number of halogens is 2. The smallest absolute Gasteiger partial charge is 0.244 e. The average molecular weight is 598 g/mol. The maximum absolute atomic E-state index is 14.1. The molecule has 224 valence electrons. The molecule has 10 heteroatoms. The zero-order valence-corrected chi connectivity index (χ0v) is 24.7. The molecule has 4 rings (SSSR count). The lowest BCUT2D eigenvalue weighted by Crippen LogP contribution is -2.55. The van der Waals surface area contributed by atoms with Crippen LogP contribution in [0.15, 0.2) is 72.8 Å². The summed E-state index contributed by atoms with van der Waals surface area (Å²) in [7, 11) is -4.09. The van der Waals surface area contributed by atoms with Gasteiger partial charge in [-0.05, 0) is 43.0 Å². The van der Waals surface area contributed by atoms with Crippen molar-refractivity contribution in [3.8, 4) is 0 Å². The Hall–Kier alpha value is -3.79. The number of hydrogen-bond donors (Lipinski definition) is 1. The van der Waals surface area contributed by atoms with Crippen molar-refractivity contribution in [2.45, 2.75) is 64.1 Å². The van der Waals surface area contributed by atoms with Gasteiger partial charge in [-0.25, -0.2) is 17.2 Å². The summed E-state index contributed by atoms with van der Waals surface area (Å²) in [5, 5.41) is 3.14. The number of hydrogen-bond acceptors (Lipinski definition) is 4. The number of aryl methyl sites for hydroxylation is 1. The second-order valence-electron chi connectivity index (χ2n) is 10.9. The zero-order chi connectivity index (χ0) is 30.3. The number of carbonyl (C=O) groups is 2. The molecule has 42 heavy (non-hydrogen) atoms. The van der Waals surface area contributed by atoms with E-state index in [4.69, 9.17) is 0 Å². The van der Waals surface area contributed by atoms with Gasteiger partial charge in [0.1, 0.15) is 12.6 Å². The van der Waals surface area contributed by atoms with E-state index >= 15 is 0 Å². The van der Waals surface area contributed by atoms with Gasteiger partial charge in [0, 0.05) is 25.1 Å². The SMILES string of the molecule is Cc1cccc(CN(C(=O)CN(c2ccc(F)c(F)c2)S(C)(=O)=O)[C@H](Cc2ccccc2)C(=O)NC2CCCCC2)c1. The van der Waals surface area contributed by atoms with E-state index in [0.29, 0.717) is 0 Å². The Morgan fingerprint density at radius 3 is 2.24 bits per heavy atom. The first-order valence-electron chi connectivity index (χ1n) is 14.1. The number of nitrogens with zero attached hydrogens (tertiary/aromatic N) is 2. The minimum absolute atomic E-state index is 0.00449. The van der Waals surface area contributed by atoms with E-state index in [9.17, 15) is 26.8 Å². The van der Waals surface area contributed by atoms with Gasteiger partial charge in [0.2, 0.25) is 21.8 Å². The summed E-state index contributed by atoms with van der Waals surface area (Å²) in [6, 6.07) is 18.5. The molecular weight excluding hydrogens is 560 g/mol. The number of sulfonamides is 1. The van der Waals surface area contributed by atoms with Crippen molar-refractivity contribution >= 4 is 27.5 Å². The summed E-state index contributed by atoms with van der Waals surface area (Å²) >= 11 is 0. The first kappa shape index (κ1) is 31.2. The highest BCUT2D eigenvalue weighted by molar-refractivity contribution is 7.92. The van der Waals surface area contributed by atoms with Gasteiger partial charge < -0.3 is 10.2 Å². The predicted molar refractivity (Wildman–Crippen MR) is 159 cm³/mol. The molecule has 1 fully saturated rings. The van der Waals surface area contributed by atoms with Gasteiger partial charge in [0.15, 0.2) is 11.6 Å². The van der Waals surface area contributed by atoms with Crippen molar-refractivity contribution in [3.05, 3.63) is 101 Å². The number of anilines is 1. The first-order chi connectivity index (χ1) is 20.0. The van der Waals surface area contributed by atoms with E-state index in [1.54, 1.807) is 0 Å². The van der Waals surface area contributed by atoms with E-state index in [-0.39, 0.29) is 30.6 Å². The Morgan fingerprint density at radius 1 is 0.905 bits per heavy atom. The summed E-state index contributed by atoms with van der Waals surface area (Å²) in [4.78, 5) is 29.4. The van der Waals surface area contributed by atoms with Crippen LogP contribution in [0.25, 0.3) is 0 Å². The van der Waals surface area contributed by atoms with Crippen LogP contribution in [0, 0.1) is 18.6 Å². The molecule has 7 nitrogen and oxygen atoms in total. The van der Waals surface area contributed by atoms with E-state index in [1.165, 1.54) is 4.90 Å². The summed E-state index contributed by atoms with van der Waals surface area (Å²) in [5.41, 5.74) is 2.38. The zero-order valence-electron chi connectivity index (χ0n) is 23.9. The molecule has 0 bridgehead atoms. The van der Waals surface area contributed by atoms with Crippen LogP contribution >= 0.6 is 0 Å². The van der Waals surface area contributed by atoms with Crippen molar-refractivity contribution < 1.29 is 26.8 Å². The Kier molecular flexibility index (Phi) is 10.3. The summed E-state index contributed by atoms with van der Waals surface area (Å²) < 4.78 is 54.1. The van der Waals surface area contributed by atoms with Gasteiger partial charge >= 0.3 is 0 Å². The number of benzene rings is 3. The van der Waals surface area contributed by atoms with Crippen molar-refractivity contribution in [2.75, 3.05) is 17.1 Å². The van der Waals surface area contributed by atoms with Crippen molar-refractivity contribution in [2.24, 2.45) is 0 Å². The third-order valence-corrected chi connectivity index (χ3v) is 8.67. The van der Waals surface area contributed by atoms with E-state index in [2.05, 4.69) is 5.32 Å². The monoisotopic (exact) mass is 597 g/mol. The van der Waals surface area contributed by atoms with Gasteiger partial charge in [-0.15, -0.1) is 0 Å². The Labute approximate surface area is 246 Å². The lowest BCUT2D eigenvalue weighted by atomic mass is 9.94. The topological polar surface area (TPSA) is 86.8 Å².